The molecule has 0 aromatic heterocycles. The molecule has 0 unspecified atom stereocenters. The molecule has 0 atom stereocenters. The monoisotopic (exact) mass is 189 g/mol. The van der Waals surface area contributed by atoms with E-state index in [1.807, 2.05) is 6.92 Å². The van der Waals surface area contributed by atoms with E-state index in [4.69, 9.17) is 14.9 Å². The van der Waals surface area contributed by atoms with E-state index in [9.17, 15) is 0 Å². The molecule has 0 spiro atoms. The molecule has 0 saturated carbocycles. The minimum Gasteiger partial charge on any atom is -0.520 e. The summed E-state index contributed by atoms with van der Waals surface area (Å²) in [6, 6.07) is 0. The van der Waals surface area contributed by atoms with Gasteiger partial charge in [-0.2, -0.15) is 0 Å². The van der Waals surface area contributed by atoms with Crippen LogP contribution in [0.25, 0.3) is 0 Å². The first-order valence-corrected chi connectivity index (χ1v) is 7.44. The Morgan fingerprint density at radius 2 is 1.83 bits per heavy atom. The van der Waals surface area contributed by atoms with Crippen LogP contribution in [-0.2, 0) is 9.16 Å². The molecule has 72 valence electrons. The summed E-state index contributed by atoms with van der Waals surface area (Å²) in [6.07, 6.45) is 0. The van der Waals surface area contributed by atoms with Crippen LogP contribution in [0.1, 0.15) is 6.92 Å². The van der Waals surface area contributed by atoms with Gasteiger partial charge in [-0.1, -0.05) is 0 Å². The lowest BCUT2D eigenvalue weighted by atomic mass is 10.3. The van der Waals surface area contributed by atoms with Gasteiger partial charge in [0.25, 0.3) is 5.95 Å². The van der Waals surface area contributed by atoms with Gasteiger partial charge in [-0.25, -0.2) is 0 Å². The van der Waals surface area contributed by atoms with Crippen LogP contribution in [0, 0.1) is 0 Å². The average Bonchev–Trinajstić information content (AvgIpc) is 1.97. The maximum absolute atomic E-state index is 5.66. The van der Waals surface area contributed by atoms with Gasteiger partial charge < -0.3 is 14.9 Å². The number of nitrogens with two attached hydrogens (primary N) is 1. The van der Waals surface area contributed by atoms with Gasteiger partial charge in [-0.05, 0) is 26.6 Å². The van der Waals surface area contributed by atoms with Crippen LogP contribution in [0.3, 0.4) is 0 Å². The minimum absolute atomic E-state index is 0.480. The fourth-order valence-electron chi connectivity index (χ4n) is 0.664. The molecule has 0 radical (unpaired) electrons. The van der Waals surface area contributed by atoms with Crippen molar-refractivity contribution in [1.29, 1.82) is 0 Å². The Morgan fingerprint density at radius 3 is 2.08 bits per heavy atom. The lowest BCUT2D eigenvalue weighted by Gasteiger charge is -2.21. The molecular formula is C8H19NO2Si. The van der Waals surface area contributed by atoms with E-state index in [1.54, 1.807) is 7.11 Å². The van der Waals surface area contributed by atoms with Crippen molar-refractivity contribution in [2.24, 2.45) is 5.73 Å². The van der Waals surface area contributed by atoms with Crippen molar-refractivity contribution in [2.45, 2.75) is 26.6 Å². The number of methoxy groups -OCH3 is 1. The van der Waals surface area contributed by atoms with Crippen LogP contribution >= 0.6 is 0 Å². The molecule has 0 saturated heterocycles. The molecule has 0 rings (SSSR count). The van der Waals surface area contributed by atoms with Crippen molar-refractivity contribution in [2.75, 3.05) is 13.7 Å². The molecule has 12 heavy (non-hydrogen) atoms. The van der Waals surface area contributed by atoms with Gasteiger partial charge in [0.15, 0.2) is 0 Å². The molecule has 3 nitrogen and oxygen atoms in total. The average molecular weight is 189 g/mol. The van der Waals surface area contributed by atoms with Crippen molar-refractivity contribution in [3.05, 3.63) is 11.5 Å². The van der Waals surface area contributed by atoms with Gasteiger partial charge in [0.05, 0.1) is 7.11 Å². The summed E-state index contributed by atoms with van der Waals surface area (Å²) >= 11 is 0. The maximum Gasteiger partial charge on any atom is 0.265 e. The van der Waals surface area contributed by atoms with E-state index in [2.05, 4.69) is 19.6 Å². The third-order valence-corrected chi connectivity index (χ3v) is 2.04. The molecule has 0 aromatic carbocycles. The van der Waals surface area contributed by atoms with Crippen LogP contribution in [0.2, 0.25) is 19.6 Å². The molecule has 2 N–H and O–H groups in total. The Kier molecular flexibility index (Phi) is 4.34. The molecule has 0 bridgehead atoms. The molecule has 0 fully saturated rings. The van der Waals surface area contributed by atoms with E-state index in [1.165, 1.54) is 0 Å². The Hall–Kier alpha value is -0.483. The number of hydrogen-bond acceptors (Lipinski definition) is 3. The summed E-state index contributed by atoms with van der Waals surface area (Å²) in [6.45, 7) is 8.72. The van der Waals surface area contributed by atoms with Crippen molar-refractivity contribution < 1.29 is 9.16 Å². The van der Waals surface area contributed by atoms with Crippen LogP contribution in [0.5, 0.6) is 0 Å². The fourth-order valence-corrected chi connectivity index (χ4v) is 1.48. The largest absolute Gasteiger partial charge is 0.520 e. The Bertz CT molecular complexity index is 172. The second-order valence-electron chi connectivity index (χ2n) is 3.69. The smallest absolute Gasteiger partial charge is 0.265 e. The summed E-state index contributed by atoms with van der Waals surface area (Å²) in [5.74, 6) is 0.594. The first-order valence-electron chi connectivity index (χ1n) is 4.03. The second-order valence-corrected chi connectivity index (χ2v) is 8.12. The SMILES string of the molecule is COC(O[Si](C)(C)C)=C(C)CN. The summed E-state index contributed by atoms with van der Waals surface area (Å²) in [4.78, 5) is 0. The standard InChI is InChI=1S/C8H19NO2Si/c1-7(6-9)8(10-2)11-12(3,4)5/h6,9H2,1-5H3. The zero-order chi connectivity index (χ0) is 9.78. The highest BCUT2D eigenvalue weighted by Gasteiger charge is 2.19. The summed E-state index contributed by atoms with van der Waals surface area (Å²) < 4.78 is 10.7. The quantitative estimate of drug-likeness (QED) is 0.540. The predicted molar refractivity (Wildman–Crippen MR) is 53.2 cm³/mol. The van der Waals surface area contributed by atoms with E-state index in [0.717, 1.165) is 5.57 Å². The fraction of sp³-hybridized carbons (Fsp3) is 0.750. The normalized spacial score (nSPS) is 13.8. The minimum atomic E-state index is -1.56. The lowest BCUT2D eigenvalue weighted by Crippen LogP contribution is -2.26. The van der Waals surface area contributed by atoms with E-state index < -0.39 is 8.32 Å². The van der Waals surface area contributed by atoms with Crippen molar-refractivity contribution in [3.63, 3.8) is 0 Å². The number of ether oxygens (including phenoxy) is 1. The van der Waals surface area contributed by atoms with Crippen molar-refractivity contribution in [3.8, 4) is 0 Å². The maximum atomic E-state index is 5.66. The molecule has 0 aliphatic carbocycles. The highest BCUT2D eigenvalue weighted by Crippen LogP contribution is 2.13. The number of hydrogen-bond donors (Lipinski definition) is 1. The molecule has 0 aliphatic rings. The van der Waals surface area contributed by atoms with E-state index in [0.29, 0.717) is 12.5 Å². The molecule has 0 aromatic rings. The summed E-state index contributed by atoms with van der Waals surface area (Å²) in [7, 11) is 0.0471. The van der Waals surface area contributed by atoms with Gasteiger partial charge >= 0.3 is 0 Å². The first-order chi connectivity index (χ1) is 5.40. The highest BCUT2D eigenvalue weighted by molar-refractivity contribution is 6.70. The van der Waals surface area contributed by atoms with Gasteiger partial charge in [-0.15, -0.1) is 0 Å². The van der Waals surface area contributed by atoms with Gasteiger partial charge in [0.1, 0.15) is 0 Å². The van der Waals surface area contributed by atoms with E-state index in [-0.39, 0.29) is 0 Å². The van der Waals surface area contributed by atoms with Crippen LogP contribution in [0.15, 0.2) is 11.5 Å². The predicted octanol–water partition coefficient (Wildman–Crippen LogP) is 1.67. The third-order valence-electron chi connectivity index (χ3n) is 1.24. The van der Waals surface area contributed by atoms with Gasteiger partial charge in [0, 0.05) is 12.1 Å². The summed E-state index contributed by atoms with van der Waals surface area (Å²) in [5.41, 5.74) is 6.42. The molecule has 0 heterocycles. The first kappa shape index (κ1) is 11.5. The molecular weight excluding hydrogens is 170 g/mol. The second kappa shape index (κ2) is 4.52. The van der Waals surface area contributed by atoms with Crippen LogP contribution in [0.4, 0.5) is 0 Å². The van der Waals surface area contributed by atoms with Crippen molar-refractivity contribution >= 4 is 8.32 Å². The zero-order valence-corrected chi connectivity index (χ0v) is 9.60. The van der Waals surface area contributed by atoms with Gasteiger partial charge in [0.2, 0.25) is 8.32 Å². The Balaban J connectivity index is 4.38. The van der Waals surface area contributed by atoms with Gasteiger partial charge in [-0.3, -0.25) is 0 Å². The molecule has 0 aliphatic heterocycles. The third kappa shape index (κ3) is 4.41. The number of rotatable bonds is 4. The van der Waals surface area contributed by atoms with Crippen LogP contribution in [-0.4, -0.2) is 22.0 Å². The molecule has 4 heteroatoms. The highest BCUT2D eigenvalue weighted by atomic mass is 28.4. The van der Waals surface area contributed by atoms with Crippen molar-refractivity contribution in [1.82, 2.24) is 0 Å². The zero-order valence-electron chi connectivity index (χ0n) is 8.60. The lowest BCUT2D eigenvalue weighted by molar-refractivity contribution is 0.141. The van der Waals surface area contributed by atoms with Crippen LogP contribution < -0.4 is 5.73 Å². The van der Waals surface area contributed by atoms with E-state index >= 15 is 0 Å². The topological polar surface area (TPSA) is 44.5 Å². The Morgan fingerprint density at radius 1 is 1.33 bits per heavy atom. The summed E-state index contributed by atoms with van der Waals surface area (Å²) in [5, 5.41) is 0. The molecule has 0 amide bonds. The Labute approximate surface area is 75.7 Å².